The summed E-state index contributed by atoms with van der Waals surface area (Å²) in [6, 6.07) is 3.55. The second-order valence-corrected chi connectivity index (χ2v) is 6.04. The van der Waals surface area contributed by atoms with E-state index >= 15 is 0 Å². The number of halogens is 2. The second kappa shape index (κ2) is 5.14. The summed E-state index contributed by atoms with van der Waals surface area (Å²) in [5.41, 5.74) is 6.04. The number of aromatic nitrogens is 1. The smallest absolute Gasteiger partial charge is 0.252 e. The normalized spacial score (nSPS) is 20.0. The average molecular weight is 313 g/mol. The first-order valence-corrected chi connectivity index (χ1v) is 6.84. The minimum Gasteiger partial charge on any atom is -0.369 e. The van der Waals surface area contributed by atoms with Crippen molar-refractivity contribution < 1.29 is 4.79 Å². The third-order valence-electron chi connectivity index (χ3n) is 3.55. The van der Waals surface area contributed by atoms with Crippen LogP contribution in [-0.4, -0.2) is 15.3 Å². The summed E-state index contributed by atoms with van der Waals surface area (Å²) in [5.74, 6) is -0.519. The van der Waals surface area contributed by atoms with Crippen molar-refractivity contribution in [3.63, 3.8) is 0 Å². The van der Waals surface area contributed by atoms with Crippen LogP contribution in [0.25, 0.3) is 5.70 Å². The maximum absolute atomic E-state index is 11.9. The van der Waals surface area contributed by atoms with E-state index in [-0.39, 0.29) is 0 Å². The largest absolute Gasteiger partial charge is 0.369 e. The molecule has 20 heavy (non-hydrogen) atoms. The molecule has 1 aliphatic rings. The molecule has 1 amide bonds. The van der Waals surface area contributed by atoms with E-state index in [0.29, 0.717) is 23.3 Å². The van der Waals surface area contributed by atoms with E-state index in [1.165, 1.54) is 0 Å². The van der Waals surface area contributed by atoms with Crippen LogP contribution in [0, 0.1) is 5.41 Å². The van der Waals surface area contributed by atoms with Crippen LogP contribution < -0.4 is 5.73 Å². The van der Waals surface area contributed by atoms with Gasteiger partial charge in [-0.15, -0.1) is 5.11 Å². The molecule has 2 N–H and O–H groups in total. The third-order valence-corrected chi connectivity index (χ3v) is 4.08. The number of amides is 1. The van der Waals surface area contributed by atoms with E-state index < -0.39 is 15.8 Å². The Kier molecular flexibility index (Phi) is 3.84. The van der Waals surface area contributed by atoms with Crippen LogP contribution in [0.1, 0.15) is 25.8 Å². The Morgan fingerprint density at radius 1 is 1.50 bits per heavy atom. The SMILES string of the molecule is CCC(C)(C(N)=O)C1=C(c2cccnc2)N=NC1(Cl)Cl. The van der Waals surface area contributed by atoms with Crippen molar-refractivity contribution in [1.82, 2.24) is 4.98 Å². The third kappa shape index (κ3) is 2.31. The highest BCUT2D eigenvalue weighted by Gasteiger charge is 2.50. The summed E-state index contributed by atoms with van der Waals surface area (Å²) < 4.78 is -1.59. The highest BCUT2D eigenvalue weighted by Crippen LogP contribution is 2.52. The molecule has 1 aromatic rings. The first-order chi connectivity index (χ1) is 9.33. The molecule has 0 bridgehead atoms. The highest BCUT2D eigenvalue weighted by molar-refractivity contribution is 6.51. The summed E-state index contributed by atoms with van der Waals surface area (Å²) in [7, 11) is 0. The van der Waals surface area contributed by atoms with Gasteiger partial charge in [0.2, 0.25) is 5.91 Å². The Labute approximate surface area is 126 Å². The zero-order valence-corrected chi connectivity index (χ0v) is 12.6. The molecule has 0 aliphatic carbocycles. The Bertz CT molecular complexity index is 598. The van der Waals surface area contributed by atoms with E-state index in [0.717, 1.165) is 0 Å². The van der Waals surface area contributed by atoms with Crippen molar-refractivity contribution in [3.8, 4) is 0 Å². The molecule has 7 heteroatoms. The van der Waals surface area contributed by atoms with Crippen molar-refractivity contribution in [2.75, 3.05) is 0 Å². The van der Waals surface area contributed by atoms with Gasteiger partial charge < -0.3 is 5.73 Å². The number of primary amides is 1. The molecule has 1 aromatic heterocycles. The van der Waals surface area contributed by atoms with Gasteiger partial charge in [-0.05, 0) is 25.5 Å². The van der Waals surface area contributed by atoms with Gasteiger partial charge in [0.1, 0.15) is 0 Å². The molecule has 106 valence electrons. The molecule has 0 spiro atoms. The molecule has 5 nitrogen and oxygen atoms in total. The van der Waals surface area contributed by atoms with E-state index in [1.54, 1.807) is 31.5 Å². The summed E-state index contributed by atoms with van der Waals surface area (Å²) in [4.78, 5) is 15.9. The topological polar surface area (TPSA) is 80.7 Å². The van der Waals surface area contributed by atoms with Crippen molar-refractivity contribution >= 4 is 34.8 Å². The molecule has 0 saturated heterocycles. The molecule has 1 atom stereocenters. The number of hydrogen-bond donors (Lipinski definition) is 1. The van der Waals surface area contributed by atoms with Crippen LogP contribution in [0.5, 0.6) is 0 Å². The number of rotatable bonds is 4. The van der Waals surface area contributed by atoms with Gasteiger partial charge in [0.05, 0.1) is 11.1 Å². The molecule has 1 aliphatic heterocycles. The maximum Gasteiger partial charge on any atom is 0.252 e. The number of hydrogen-bond acceptors (Lipinski definition) is 4. The molecule has 2 heterocycles. The van der Waals surface area contributed by atoms with Crippen LogP contribution in [-0.2, 0) is 4.79 Å². The molecule has 0 fully saturated rings. The van der Waals surface area contributed by atoms with Gasteiger partial charge in [-0.25, -0.2) is 0 Å². The van der Waals surface area contributed by atoms with Gasteiger partial charge in [-0.1, -0.05) is 30.1 Å². The molecule has 1 unspecified atom stereocenters. The molecule has 0 radical (unpaired) electrons. The average Bonchev–Trinajstić information content (AvgIpc) is 2.75. The number of carbonyl (C=O) groups excluding carboxylic acids is 1. The lowest BCUT2D eigenvalue weighted by molar-refractivity contribution is -0.125. The minimum absolute atomic E-state index is 0.399. The van der Waals surface area contributed by atoms with Crippen LogP contribution >= 0.6 is 23.2 Å². The number of carbonyl (C=O) groups is 1. The zero-order valence-electron chi connectivity index (χ0n) is 11.1. The Balaban J connectivity index is 2.69. The number of nitrogens with two attached hydrogens (primary N) is 1. The van der Waals surface area contributed by atoms with Crippen molar-refractivity contribution in [1.29, 1.82) is 0 Å². The minimum atomic E-state index is -1.59. The Morgan fingerprint density at radius 3 is 2.70 bits per heavy atom. The first-order valence-electron chi connectivity index (χ1n) is 6.09. The van der Waals surface area contributed by atoms with Gasteiger partial charge in [-0.2, -0.15) is 5.11 Å². The van der Waals surface area contributed by atoms with E-state index in [9.17, 15) is 4.79 Å². The zero-order chi connectivity index (χ0) is 15.0. The van der Waals surface area contributed by atoms with Crippen LogP contribution in [0.3, 0.4) is 0 Å². The van der Waals surface area contributed by atoms with Crippen LogP contribution in [0.15, 0.2) is 40.3 Å². The predicted molar refractivity (Wildman–Crippen MR) is 78.0 cm³/mol. The Hall–Kier alpha value is -1.46. The van der Waals surface area contributed by atoms with Crippen LogP contribution in [0.4, 0.5) is 0 Å². The fourth-order valence-corrected chi connectivity index (χ4v) is 2.80. The lowest BCUT2D eigenvalue weighted by atomic mass is 9.77. The van der Waals surface area contributed by atoms with Gasteiger partial charge in [0.15, 0.2) is 0 Å². The van der Waals surface area contributed by atoms with Gasteiger partial charge >= 0.3 is 0 Å². The number of alkyl halides is 2. The maximum atomic E-state index is 11.9. The van der Waals surface area contributed by atoms with E-state index in [4.69, 9.17) is 28.9 Å². The van der Waals surface area contributed by atoms with Gasteiger partial charge in [-0.3, -0.25) is 9.78 Å². The quantitative estimate of drug-likeness (QED) is 0.683. The van der Waals surface area contributed by atoms with E-state index in [2.05, 4.69) is 15.2 Å². The summed E-state index contributed by atoms with van der Waals surface area (Å²) in [6.07, 6.45) is 3.69. The predicted octanol–water partition coefficient (Wildman–Crippen LogP) is 3.29. The number of azo groups is 1. The molecule has 0 aromatic carbocycles. The standard InChI is InChI=1S/C13H14Cl2N4O/c1-3-12(2,11(16)20)10-9(18-19-13(10,14)15)8-5-4-6-17-7-8/h4-7H,3H2,1-2H3,(H2,16,20). The van der Waals surface area contributed by atoms with Gasteiger partial charge in [0.25, 0.3) is 4.46 Å². The lowest BCUT2D eigenvalue weighted by Crippen LogP contribution is -2.40. The molecule has 0 saturated carbocycles. The van der Waals surface area contributed by atoms with Crippen molar-refractivity contribution in [2.45, 2.75) is 24.7 Å². The van der Waals surface area contributed by atoms with Crippen molar-refractivity contribution in [2.24, 2.45) is 21.4 Å². The van der Waals surface area contributed by atoms with E-state index in [1.807, 2.05) is 6.92 Å². The number of pyridine rings is 1. The molecule has 2 rings (SSSR count). The van der Waals surface area contributed by atoms with Crippen molar-refractivity contribution in [3.05, 3.63) is 35.7 Å². The number of nitrogens with zero attached hydrogens (tertiary/aromatic N) is 3. The summed E-state index contributed by atoms with van der Waals surface area (Å²) in [5, 5.41) is 7.88. The fraction of sp³-hybridized carbons (Fsp3) is 0.385. The monoisotopic (exact) mass is 312 g/mol. The molecular weight excluding hydrogens is 299 g/mol. The first kappa shape index (κ1) is 14.9. The highest BCUT2D eigenvalue weighted by atomic mass is 35.5. The summed E-state index contributed by atoms with van der Waals surface area (Å²) >= 11 is 12.4. The summed E-state index contributed by atoms with van der Waals surface area (Å²) in [6.45, 7) is 3.53. The Morgan fingerprint density at radius 2 is 2.20 bits per heavy atom. The fourth-order valence-electron chi connectivity index (χ4n) is 2.13. The second-order valence-electron chi connectivity index (χ2n) is 4.76. The molecular formula is C13H14Cl2N4O. The lowest BCUT2D eigenvalue weighted by Gasteiger charge is -2.30. The van der Waals surface area contributed by atoms with Crippen LogP contribution in [0.2, 0.25) is 0 Å². The van der Waals surface area contributed by atoms with Gasteiger partial charge in [0, 0.05) is 23.5 Å².